The van der Waals surface area contributed by atoms with Crippen molar-refractivity contribution in [2.75, 3.05) is 12.4 Å². The van der Waals surface area contributed by atoms with E-state index in [1.54, 1.807) is 18.1 Å². The lowest BCUT2D eigenvalue weighted by atomic mass is 10.4. The van der Waals surface area contributed by atoms with Crippen LogP contribution >= 0.6 is 11.8 Å². The van der Waals surface area contributed by atoms with E-state index in [1.165, 1.54) is 0 Å². The Morgan fingerprint density at radius 3 is 3.56 bits per heavy atom. The summed E-state index contributed by atoms with van der Waals surface area (Å²) in [5.41, 5.74) is 0. The minimum Gasteiger partial charge on any atom is -0.376 e. The third-order valence-electron chi connectivity index (χ3n) is 0.979. The molecule has 1 aliphatic rings. The Morgan fingerprint density at radius 1 is 1.56 bits per heavy atom. The summed E-state index contributed by atoms with van der Waals surface area (Å²) in [5.74, 6) is 0.837. The maximum absolute atomic E-state index is 4.07. The summed E-state index contributed by atoms with van der Waals surface area (Å²) in [6.45, 7) is 1.00. The molecule has 50 valence electrons. The van der Waals surface area contributed by atoms with Crippen molar-refractivity contribution in [3.8, 4) is 0 Å². The molecule has 1 heterocycles. The molecule has 0 radical (unpaired) electrons. The van der Waals surface area contributed by atoms with Gasteiger partial charge in [-0.3, -0.25) is 4.99 Å². The summed E-state index contributed by atoms with van der Waals surface area (Å²) in [7, 11) is 0. The number of rotatable bonds is 0. The zero-order valence-corrected chi connectivity index (χ0v) is 6.03. The molecule has 1 N–H and O–H groups in total. The first kappa shape index (κ1) is 6.68. The van der Waals surface area contributed by atoms with E-state index in [0.29, 0.717) is 0 Å². The third-order valence-corrected chi connectivity index (χ3v) is 1.66. The third kappa shape index (κ3) is 3.19. The SMILES string of the molecule is C1=C\SC/N=C\NCC/1. The molecule has 0 aromatic carbocycles. The van der Waals surface area contributed by atoms with Gasteiger partial charge in [0.15, 0.2) is 0 Å². The average molecular weight is 142 g/mol. The predicted octanol–water partition coefficient (Wildman–Crippen LogP) is 1.21. The van der Waals surface area contributed by atoms with Gasteiger partial charge in [-0.2, -0.15) is 0 Å². The molecule has 1 aliphatic heterocycles. The Labute approximate surface area is 59.4 Å². The maximum Gasteiger partial charge on any atom is 0.0901 e. The van der Waals surface area contributed by atoms with Gasteiger partial charge in [0.05, 0.1) is 12.2 Å². The van der Waals surface area contributed by atoms with E-state index in [2.05, 4.69) is 21.8 Å². The van der Waals surface area contributed by atoms with Gasteiger partial charge < -0.3 is 5.32 Å². The normalized spacial score (nSPS) is 26.7. The zero-order valence-electron chi connectivity index (χ0n) is 5.21. The van der Waals surface area contributed by atoms with Crippen LogP contribution in [0.5, 0.6) is 0 Å². The Kier molecular flexibility index (Phi) is 3.29. The van der Waals surface area contributed by atoms with Gasteiger partial charge in [-0.15, -0.1) is 11.8 Å². The average Bonchev–Trinajstić information content (AvgIpc) is 2.00. The monoisotopic (exact) mass is 142 g/mol. The van der Waals surface area contributed by atoms with Crippen LogP contribution < -0.4 is 5.32 Å². The van der Waals surface area contributed by atoms with E-state index in [0.717, 1.165) is 18.8 Å². The molecule has 0 spiro atoms. The highest BCUT2D eigenvalue weighted by atomic mass is 32.2. The van der Waals surface area contributed by atoms with E-state index in [-0.39, 0.29) is 0 Å². The Balaban J connectivity index is 2.28. The minimum absolute atomic E-state index is 0.837. The number of hydrogen-bond acceptors (Lipinski definition) is 3. The Morgan fingerprint density at radius 2 is 2.56 bits per heavy atom. The lowest BCUT2D eigenvalue weighted by Crippen LogP contribution is -2.11. The van der Waals surface area contributed by atoms with Crippen LogP contribution in [0.3, 0.4) is 0 Å². The maximum atomic E-state index is 4.07. The number of nitrogens with zero attached hydrogens (tertiary/aromatic N) is 1. The molecule has 9 heavy (non-hydrogen) atoms. The smallest absolute Gasteiger partial charge is 0.0901 e. The lowest BCUT2D eigenvalue weighted by molar-refractivity contribution is 0.903. The van der Waals surface area contributed by atoms with Crippen LogP contribution in [0.1, 0.15) is 6.42 Å². The summed E-state index contributed by atoms with van der Waals surface area (Å²) in [5, 5.41) is 5.17. The molecule has 0 aromatic rings. The predicted molar refractivity (Wildman–Crippen MR) is 42.7 cm³/mol. The second-order valence-electron chi connectivity index (χ2n) is 1.72. The molecule has 0 amide bonds. The van der Waals surface area contributed by atoms with Crippen LogP contribution in [0.25, 0.3) is 0 Å². The van der Waals surface area contributed by atoms with Gasteiger partial charge in [-0.05, 0) is 11.8 Å². The fourth-order valence-corrected chi connectivity index (χ4v) is 1.07. The number of hydrogen-bond donors (Lipinski definition) is 1. The van der Waals surface area contributed by atoms with E-state index < -0.39 is 0 Å². The summed E-state index contributed by atoms with van der Waals surface area (Å²) in [4.78, 5) is 4.07. The van der Waals surface area contributed by atoms with Crippen molar-refractivity contribution in [3.63, 3.8) is 0 Å². The number of aliphatic imine (C=N–C) groups is 1. The summed E-state index contributed by atoms with van der Waals surface area (Å²) in [6, 6.07) is 0. The van der Waals surface area contributed by atoms with Gasteiger partial charge in [-0.1, -0.05) is 6.08 Å². The van der Waals surface area contributed by atoms with Gasteiger partial charge in [0.25, 0.3) is 0 Å². The summed E-state index contributed by atoms with van der Waals surface area (Å²) >= 11 is 1.72. The molecule has 0 saturated heterocycles. The molecule has 1 rings (SSSR count). The van der Waals surface area contributed by atoms with Crippen LogP contribution in [0.15, 0.2) is 16.5 Å². The Bertz CT molecular complexity index is 106. The molecule has 0 fully saturated rings. The molecule has 0 aliphatic carbocycles. The van der Waals surface area contributed by atoms with E-state index in [9.17, 15) is 0 Å². The fourth-order valence-electron chi connectivity index (χ4n) is 0.555. The van der Waals surface area contributed by atoms with Crippen molar-refractivity contribution in [1.29, 1.82) is 0 Å². The Hall–Kier alpha value is -0.440. The minimum atomic E-state index is 0.837. The van der Waals surface area contributed by atoms with Crippen molar-refractivity contribution in [2.24, 2.45) is 4.99 Å². The molecule has 0 saturated carbocycles. The van der Waals surface area contributed by atoms with Gasteiger partial charge >= 0.3 is 0 Å². The molecule has 3 heteroatoms. The topological polar surface area (TPSA) is 24.4 Å². The first-order valence-corrected chi connectivity index (χ1v) is 4.03. The molecular formula is C6H10N2S. The first-order valence-electron chi connectivity index (χ1n) is 2.98. The van der Waals surface area contributed by atoms with Crippen molar-refractivity contribution in [1.82, 2.24) is 5.32 Å². The van der Waals surface area contributed by atoms with Crippen LogP contribution in [-0.4, -0.2) is 18.8 Å². The molecular weight excluding hydrogens is 132 g/mol. The van der Waals surface area contributed by atoms with Gasteiger partial charge in [0, 0.05) is 6.54 Å². The summed E-state index contributed by atoms with van der Waals surface area (Å²) in [6.07, 6.45) is 5.03. The standard InChI is InChI=1S/C6H10N2S/c1-2-4-9-6-8-5-7-3-1/h2,4-5H,1,3,6H2,(H,7,8)/b4-2-. The van der Waals surface area contributed by atoms with Gasteiger partial charge in [0.1, 0.15) is 0 Å². The van der Waals surface area contributed by atoms with E-state index in [1.807, 2.05) is 0 Å². The first-order chi connectivity index (χ1) is 4.50. The van der Waals surface area contributed by atoms with Crippen LogP contribution in [0.2, 0.25) is 0 Å². The highest BCUT2D eigenvalue weighted by Gasteiger charge is 1.82. The second kappa shape index (κ2) is 4.44. The van der Waals surface area contributed by atoms with Crippen LogP contribution in [0, 0.1) is 0 Å². The number of nitrogens with one attached hydrogen (secondary N) is 1. The highest BCUT2D eigenvalue weighted by molar-refractivity contribution is 8.02. The van der Waals surface area contributed by atoms with Crippen LogP contribution in [-0.2, 0) is 0 Å². The van der Waals surface area contributed by atoms with Crippen molar-refractivity contribution in [3.05, 3.63) is 11.5 Å². The van der Waals surface area contributed by atoms with E-state index in [4.69, 9.17) is 0 Å². The lowest BCUT2D eigenvalue weighted by Gasteiger charge is -1.91. The highest BCUT2D eigenvalue weighted by Crippen LogP contribution is 2.02. The van der Waals surface area contributed by atoms with Gasteiger partial charge in [-0.25, -0.2) is 0 Å². The zero-order chi connectivity index (χ0) is 6.36. The number of thioether (sulfide) groups is 1. The molecule has 0 bridgehead atoms. The fraction of sp³-hybridized carbons (Fsp3) is 0.500. The molecule has 0 atom stereocenters. The van der Waals surface area contributed by atoms with Crippen LogP contribution in [0.4, 0.5) is 0 Å². The van der Waals surface area contributed by atoms with Crippen molar-refractivity contribution < 1.29 is 0 Å². The second-order valence-corrected chi connectivity index (χ2v) is 2.59. The molecule has 0 aromatic heterocycles. The quantitative estimate of drug-likeness (QED) is 0.550. The largest absolute Gasteiger partial charge is 0.376 e. The van der Waals surface area contributed by atoms with Crippen molar-refractivity contribution >= 4 is 18.1 Å². The molecule has 2 nitrogen and oxygen atoms in total. The molecule has 0 unspecified atom stereocenters. The van der Waals surface area contributed by atoms with E-state index >= 15 is 0 Å². The van der Waals surface area contributed by atoms with Crippen molar-refractivity contribution in [2.45, 2.75) is 6.42 Å². The van der Waals surface area contributed by atoms with Gasteiger partial charge in [0.2, 0.25) is 0 Å². The summed E-state index contributed by atoms with van der Waals surface area (Å²) < 4.78 is 0.